The van der Waals surface area contributed by atoms with Crippen molar-refractivity contribution in [2.75, 3.05) is 6.61 Å². The van der Waals surface area contributed by atoms with E-state index in [4.69, 9.17) is 9.39 Å². The van der Waals surface area contributed by atoms with Crippen molar-refractivity contribution in [3.63, 3.8) is 0 Å². The van der Waals surface area contributed by atoms with E-state index in [1.165, 1.54) is 79.7 Å². The highest BCUT2D eigenvalue weighted by atomic mass is 32.2. The summed E-state index contributed by atoms with van der Waals surface area (Å²) in [5, 5.41) is 0. The number of rotatable bonds is 11. The smallest absolute Gasteiger partial charge is 0.505 e. The molecular weight excluding hydrogens is 871 g/mol. The van der Waals surface area contributed by atoms with Gasteiger partial charge in [-0.15, -0.1) is 0 Å². The summed E-state index contributed by atoms with van der Waals surface area (Å²) < 4.78 is 241. The second-order valence-electron chi connectivity index (χ2n) is 12.8. The Morgan fingerprint density at radius 3 is 1.20 bits per heavy atom. The summed E-state index contributed by atoms with van der Waals surface area (Å²) in [5.74, 6) is -0.737. The summed E-state index contributed by atoms with van der Waals surface area (Å²) in [7, 11) is -14.8. The van der Waals surface area contributed by atoms with Gasteiger partial charge in [-0.3, -0.25) is 0 Å². The van der Waals surface area contributed by atoms with Gasteiger partial charge >= 0.3 is 31.9 Å². The van der Waals surface area contributed by atoms with Crippen molar-refractivity contribution in [1.29, 1.82) is 0 Å². The summed E-state index contributed by atoms with van der Waals surface area (Å²) >= 11 is 0. The second-order valence-corrected chi connectivity index (χ2v) is 16.5. The molecule has 1 aliphatic rings. The summed E-state index contributed by atoms with van der Waals surface area (Å²) in [6, 6.07) is 7.19. The van der Waals surface area contributed by atoms with Gasteiger partial charge in [0, 0.05) is 0 Å². The van der Waals surface area contributed by atoms with E-state index >= 15 is 0 Å². The van der Waals surface area contributed by atoms with Crippen LogP contribution in [0.2, 0.25) is 0 Å². The van der Waals surface area contributed by atoms with Crippen molar-refractivity contribution in [1.82, 2.24) is 8.43 Å². The fourth-order valence-electron chi connectivity index (χ4n) is 6.17. The lowest BCUT2D eigenvalue weighted by atomic mass is 9.95. The number of allylic oxidation sites excluding steroid dienone is 2. The van der Waals surface area contributed by atoms with E-state index in [1.807, 2.05) is 0 Å². The standard InChI is InChI=1S/C37H29BF12N2O6S2/c1-3-5-16-57-31(4-2)58-38-51(59(53,54)29-19-25(34(39,40)41)17-26(20-29)35(42,43)44)32(23-12-8-6-9-13-23)33(24-14-10-7-11-15-24)52(38)60(55,56)30-21-27(36(45,46)47)18-28(22-30)37(48,49)50/h3-15,17-22,32-33H,16H2,1-2H3/b5-3+,31-4-/t32-,33-/m0/s1. The van der Waals surface area contributed by atoms with E-state index in [0.717, 1.165) is 6.08 Å². The number of nitrogens with zero attached hydrogens (tertiary/aromatic N) is 2. The van der Waals surface area contributed by atoms with E-state index in [2.05, 4.69) is 0 Å². The van der Waals surface area contributed by atoms with E-state index in [9.17, 15) is 69.5 Å². The maximum Gasteiger partial charge on any atom is 0.580 e. The molecule has 1 fully saturated rings. The molecule has 0 radical (unpaired) electrons. The molecule has 0 bridgehead atoms. The molecule has 0 aliphatic carbocycles. The zero-order valence-electron chi connectivity index (χ0n) is 30.6. The average Bonchev–Trinajstić information content (AvgIpc) is 3.53. The van der Waals surface area contributed by atoms with Crippen LogP contribution in [0.1, 0.15) is 59.3 Å². The minimum Gasteiger partial charge on any atom is -0.505 e. The molecule has 23 heteroatoms. The third-order valence-corrected chi connectivity index (χ3v) is 12.4. The second kappa shape index (κ2) is 16.8. The summed E-state index contributed by atoms with van der Waals surface area (Å²) in [4.78, 5) is -3.39. The first-order valence-corrected chi connectivity index (χ1v) is 19.9. The molecule has 2 atom stereocenters. The number of benzene rings is 4. The predicted molar refractivity (Wildman–Crippen MR) is 191 cm³/mol. The van der Waals surface area contributed by atoms with E-state index in [0.29, 0.717) is 0 Å². The van der Waals surface area contributed by atoms with Crippen LogP contribution >= 0.6 is 0 Å². The Morgan fingerprint density at radius 2 is 0.917 bits per heavy atom. The minimum absolute atomic E-state index is 0.0774. The molecule has 0 spiro atoms. The number of halogens is 12. The zero-order chi connectivity index (χ0) is 44.6. The Labute approximate surface area is 335 Å². The molecule has 1 aliphatic heterocycles. The molecule has 322 valence electrons. The molecule has 1 saturated heterocycles. The molecule has 0 aromatic heterocycles. The van der Waals surface area contributed by atoms with Crippen LogP contribution in [0.3, 0.4) is 0 Å². The van der Waals surface area contributed by atoms with Crippen molar-refractivity contribution in [2.45, 2.75) is 60.4 Å². The van der Waals surface area contributed by atoms with Crippen LogP contribution in [-0.2, 0) is 54.1 Å². The fraction of sp³-hybridized carbons (Fsp3) is 0.243. The molecule has 5 rings (SSSR count). The van der Waals surface area contributed by atoms with Crippen molar-refractivity contribution in [3.8, 4) is 0 Å². The summed E-state index contributed by atoms with van der Waals surface area (Å²) in [6.07, 6.45) is -18.5. The van der Waals surface area contributed by atoms with Crippen molar-refractivity contribution in [3.05, 3.63) is 155 Å². The minimum atomic E-state index is -5.96. The SMILES string of the molecule is C/C=C/CO/C(=C/C)OB1N(S(=O)(=O)c2cc(C(F)(F)F)cc(C(F)(F)F)c2)[C@@H](c2ccccc2)[C@H](c2ccccc2)N1S(=O)(=O)c1cc(C(F)(F)F)cc(C(F)(F)F)c1. The van der Waals surface area contributed by atoms with Crippen molar-refractivity contribution in [2.24, 2.45) is 0 Å². The number of hydrogen-bond donors (Lipinski definition) is 0. The largest absolute Gasteiger partial charge is 0.580 e. The maximum atomic E-state index is 15.0. The van der Waals surface area contributed by atoms with Gasteiger partial charge in [-0.1, -0.05) is 72.8 Å². The molecule has 4 aromatic rings. The zero-order valence-corrected chi connectivity index (χ0v) is 32.2. The van der Waals surface area contributed by atoms with Crippen LogP contribution < -0.4 is 0 Å². The van der Waals surface area contributed by atoms with Gasteiger partial charge in [0.05, 0.1) is 44.1 Å². The van der Waals surface area contributed by atoms with Crippen molar-refractivity contribution >= 4 is 27.2 Å². The molecular formula is C37H29BF12N2O6S2. The highest BCUT2D eigenvalue weighted by Gasteiger charge is 2.64. The summed E-state index contributed by atoms with van der Waals surface area (Å²) in [6.45, 7) is 2.38. The third-order valence-electron chi connectivity index (χ3n) is 8.85. The van der Waals surface area contributed by atoms with Gasteiger partial charge in [-0.05, 0) is 67.4 Å². The van der Waals surface area contributed by atoms with Crippen LogP contribution in [0, 0.1) is 0 Å². The van der Waals surface area contributed by atoms with E-state index < -0.39 is 102 Å². The van der Waals surface area contributed by atoms with Gasteiger partial charge in [0.2, 0.25) is 20.0 Å². The molecule has 0 amide bonds. The van der Waals surface area contributed by atoms with Gasteiger partial charge < -0.3 is 9.39 Å². The van der Waals surface area contributed by atoms with Crippen LogP contribution in [0.5, 0.6) is 0 Å². The Kier molecular flexibility index (Phi) is 12.9. The molecule has 1 heterocycles. The van der Waals surface area contributed by atoms with Gasteiger partial charge in [0.1, 0.15) is 6.61 Å². The van der Waals surface area contributed by atoms with Gasteiger partial charge in [-0.2, -0.15) is 61.1 Å². The van der Waals surface area contributed by atoms with Crippen molar-refractivity contribution < 1.29 is 78.9 Å². The first-order valence-electron chi connectivity index (χ1n) is 17.1. The molecule has 0 saturated carbocycles. The monoisotopic (exact) mass is 900 g/mol. The highest BCUT2D eigenvalue weighted by Crippen LogP contribution is 2.52. The van der Waals surface area contributed by atoms with Crippen LogP contribution in [0.25, 0.3) is 0 Å². The van der Waals surface area contributed by atoms with E-state index in [-0.39, 0.29) is 62.6 Å². The Bertz CT molecular complexity index is 2240. The number of ether oxygens (including phenoxy) is 1. The van der Waals surface area contributed by atoms with Crippen LogP contribution in [0.15, 0.2) is 131 Å². The quantitative estimate of drug-likeness (QED) is 0.0644. The van der Waals surface area contributed by atoms with Crippen LogP contribution in [0.4, 0.5) is 52.7 Å². The lowest BCUT2D eigenvalue weighted by Crippen LogP contribution is -2.51. The van der Waals surface area contributed by atoms with Gasteiger partial charge in [0.25, 0.3) is 5.95 Å². The fourth-order valence-corrected chi connectivity index (χ4v) is 9.66. The topological polar surface area (TPSA) is 93.2 Å². The Hall–Kier alpha value is -5.00. The van der Waals surface area contributed by atoms with E-state index in [1.54, 1.807) is 6.92 Å². The Balaban J connectivity index is 1.96. The lowest BCUT2D eigenvalue weighted by molar-refractivity contribution is -0.145. The highest BCUT2D eigenvalue weighted by molar-refractivity contribution is 7.92. The number of alkyl halides is 12. The lowest BCUT2D eigenvalue weighted by Gasteiger charge is -2.29. The molecule has 0 N–H and O–H groups in total. The molecule has 4 aromatic carbocycles. The third kappa shape index (κ3) is 9.63. The van der Waals surface area contributed by atoms with Gasteiger partial charge in [0.15, 0.2) is 0 Å². The first-order chi connectivity index (χ1) is 27.7. The summed E-state index contributed by atoms with van der Waals surface area (Å²) in [5.41, 5.74) is -8.80. The number of sulfonamides is 2. The predicted octanol–water partition coefficient (Wildman–Crippen LogP) is 10.4. The normalized spacial score (nSPS) is 18.0. The maximum absolute atomic E-state index is 15.0. The number of hydrogen-bond acceptors (Lipinski definition) is 6. The van der Waals surface area contributed by atoms with Gasteiger partial charge in [-0.25, -0.2) is 16.8 Å². The average molecular weight is 901 g/mol. The Morgan fingerprint density at radius 1 is 0.583 bits per heavy atom. The molecule has 8 nitrogen and oxygen atoms in total. The first kappa shape index (κ1) is 46.1. The molecule has 0 unspecified atom stereocenters. The molecule has 60 heavy (non-hydrogen) atoms. The van der Waals surface area contributed by atoms with Crippen LogP contribution in [-0.4, -0.2) is 39.1 Å².